The van der Waals surface area contributed by atoms with Crippen LogP contribution in [0.2, 0.25) is 0 Å². The summed E-state index contributed by atoms with van der Waals surface area (Å²) < 4.78 is 38.1. The van der Waals surface area contributed by atoms with Gasteiger partial charge in [-0.1, -0.05) is 71.2 Å². The van der Waals surface area contributed by atoms with Crippen molar-refractivity contribution >= 4 is 34.6 Å². The Labute approximate surface area is 187 Å². The number of ether oxygens (including phenoxy) is 2. The minimum absolute atomic E-state index is 0.140. The van der Waals surface area contributed by atoms with Gasteiger partial charge in [0.25, 0.3) is 10.0 Å². The van der Waals surface area contributed by atoms with Crippen LogP contribution in [-0.2, 0) is 16.6 Å². The SMILES string of the molecule is COc1ccccc1N1C/C(=C/c2cccc(OCc3ccccc3)c2)S(=O)(=O)N1S. The van der Waals surface area contributed by atoms with Gasteiger partial charge in [-0.15, -0.1) is 0 Å². The van der Waals surface area contributed by atoms with Gasteiger partial charge in [-0.25, -0.2) is 8.42 Å². The summed E-state index contributed by atoms with van der Waals surface area (Å²) in [7, 11) is -2.22. The summed E-state index contributed by atoms with van der Waals surface area (Å²) in [6, 6.07) is 24.4. The Morgan fingerprint density at radius 1 is 1.00 bits per heavy atom. The summed E-state index contributed by atoms with van der Waals surface area (Å²) in [5.41, 5.74) is 2.41. The van der Waals surface area contributed by atoms with Crippen molar-refractivity contribution in [2.45, 2.75) is 6.61 Å². The number of hydrogen-bond acceptors (Lipinski definition) is 6. The predicted octanol–water partition coefficient (Wildman–Crippen LogP) is 4.53. The van der Waals surface area contributed by atoms with E-state index >= 15 is 0 Å². The number of thiol groups is 1. The average molecular weight is 455 g/mol. The largest absolute Gasteiger partial charge is 0.495 e. The van der Waals surface area contributed by atoms with Crippen LogP contribution in [0.4, 0.5) is 5.69 Å². The number of nitrogens with zero attached hydrogens (tertiary/aromatic N) is 2. The first-order chi connectivity index (χ1) is 15.0. The summed E-state index contributed by atoms with van der Waals surface area (Å²) in [5, 5.41) is 1.55. The fraction of sp³-hybridized carbons (Fsp3) is 0.130. The first-order valence-corrected chi connectivity index (χ1v) is 11.4. The third-order valence-corrected chi connectivity index (χ3v) is 7.25. The Hall–Kier alpha value is -2.94. The van der Waals surface area contributed by atoms with Gasteiger partial charge in [0.05, 0.1) is 24.2 Å². The highest BCUT2D eigenvalue weighted by molar-refractivity contribution is 8.02. The molecule has 3 aromatic rings. The summed E-state index contributed by atoms with van der Waals surface area (Å²) in [6.07, 6.45) is 1.64. The summed E-state index contributed by atoms with van der Waals surface area (Å²) in [6.45, 7) is 0.576. The Bertz CT molecular complexity index is 1200. The minimum Gasteiger partial charge on any atom is -0.495 e. The number of benzene rings is 3. The lowest BCUT2D eigenvalue weighted by molar-refractivity contribution is 0.306. The van der Waals surface area contributed by atoms with Crippen LogP contribution >= 0.6 is 12.8 Å². The van der Waals surface area contributed by atoms with Crippen LogP contribution in [0.3, 0.4) is 0 Å². The first-order valence-electron chi connectivity index (χ1n) is 9.61. The molecule has 1 heterocycles. The number of anilines is 1. The highest BCUT2D eigenvalue weighted by Crippen LogP contribution is 2.38. The van der Waals surface area contributed by atoms with Crippen LogP contribution in [0, 0.1) is 0 Å². The second kappa shape index (κ2) is 9.05. The van der Waals surface area contributed by atoms with Gasteiger partial charge in [0.2, 0.25) is 0 Å². The fourth-order valence-electron chi connectivity index (χ4n) is 3.29. The molecule has 0 radical (unpaired) electrons. The van der Waals surface area contributed by atoms with Crippen LogP contribution in [0.1, 0.15) is 11.1 Å². The number of sulfonamides is 1. The van der Waals surface area contributed by atoms with Crippen LogP contribution in [0.25, 0.3) is 6.08 Å². The molecular weight excluding hydrogens is 432 g/mol. The zero-order valence-corrected chi connectivity index (χ0v) is 18.6. The Kier molecular flexibility index (Phi) is 6.22. The van der Waals surface area contributed by atoms with Gasteiger partial charge in [-0.2, -0.15) is 0 Å². The van der Waals surface area contributed by atoms with Crippen molar-refractivity contribution in [2.24, 2.45) is 0 Å². The molecule has 8 heteroatoms. The second-order valence-electron chi connectivity index (χ2n) is 6.91. The molecule has 160 valence electrons. The van der Waals surface area contributed by atoms with E-state index in [1.807, 2.05) is 66.7 Å². The molecule has 0 aromatic heterocycles. The average Bonchev–Trinajstić information content (AvgIpc) is 3.02. The highest BCUT2D eigenvalue weighted by Gasteiger charge is 2.39. The fourth-order valence-corrected chi connectivity index (χ4v) is 4.95. The maximum Gasteiger partial charge on any atom is 0.267 e. The maximum atomic E-state index is 12.9. The molecule has 4 rings (SSSR count). The van der Waals surface area contributed by atoms with Gasteiger partial charge < -0.3 is 9.47 Å². The maximum absolute atomic E-state index is 12.9. The van der Waals surface area contributed by atoms with Gasteiger partial charge in [-0.3, -0.25) is 5.01 Å². The Morgan fingerprint density at radius 3 is 2.52 bits per heavy atom. The van der Waals surface area contributed by atoms with E-state index in [4.69, 9.17) is 9.47 Å². The van der Waals surface area contributed by atoms with E-state index in [1.165, 1.54) is 0 Å². The molecular formula is C23H22N2O4S2. The molecule has 1 fully saturated rings. The molecule has 0 bridgehead atoms. The number of para-hydroxylation sites is 2. The molecule has 0 atom stereocenters. The van der Waals surface area contributed by atoms with Crippen molar-refractivity contribution in [3.05, 3.63) is 94.9 Å². The van der Waals surface area contributed by atoms with Crippen molar-refractivity contribution in [1.29, 1.82) is 0 Å². The molecule has 0 amide bonds. The molecule has 1 aliphatic rings. The van der Waals surface area contributed by atoms with Gasteiger partial charge in [-0.05, 0) is 41.5 Å². The van der Waals surface area contributed by atoms with Crippen molar-refractivity contribution in [2.75, 3.05) is 18.7 Å². The topological polar surface area (TPSA) is 59.1 Å². The zero-order chi connectivity index (χ0) is 21.8. The molecule has 0 unspecified atom stereocenters. The van der Waals surface area contributed by atoms with E-state index < -0.39 is 10.0 Å². The molecule has 1 aliphatic heterocycles. The molecule has 31 heavy (non-hydrogen) atoms. The summed E-state index contributed by atoms with van der Waals surface area (Å²) in [5.74, 6) is 1.23. The molecule has 3 aromatic carbocycles. The van der Waals surface area contributed by atoms with Gasteiger partial charge in [0.1, 0.15) is 18.1 Å². The third-order valence-electron chi connectivity index (χ3n) is 4.86. The minimum atomic E-state index is -3.77. The van der Waals surface area contributed by atoms with Crippen molar-refractivity contribution < 1.29 is 17.9 Å². The van der Waals surface area contributed by atoms with Crippen LogP contribution in [0.5, 0.6) is 11.5 Å². The van der Waals surface area contributed by atoms with Crippen LogP contribution in [0.15, 0.2) is 83.8 Å². The highest BCUT2D eigenvalue weighted by atomic mass is 32.3. The van der Waals surface area contributed by atoms with Gasteiger partial charge in [0, 0.05) is 0 Å². The molecule has 1 saturated heterocycles. The van der Waals surface area contributed by atoms with Crippen molar-refractivity contribution in [3.63, 3.8) is 0 Å². The van der Waals surface area contributed by atoms with E-state index in [0.29, 0.717) is 23.8 Å². The van der Waals surface area contributed by atoms with Gasteiger partial charge in [0.15, 0.2) is 0 Å². The zero-order valence-electron chi connectivity index (χ0n) is 16.9. The predicted molar refractivity (Wildman–Crippen MR) is 125 cm³/mol. The molecule has 6 nitrogen and oxygen atoms in total. The summed E-state index contributed by atoms with van der Waals surface area (Å²) in [4.78, 5) is 0.230. The molecule has 0 aliphatic carbocycles. The van der Waals surface area contributed by atoms with Gasteiger partial charge >= 0.3 is 0 Å². The normalized spacial score (nSPS) is 17.1. The van der Waals surface area contributed by atoms with Crippen molar-refractivity contribution in [3.8, 4) is 11.5 Å². The molecule has 0 spiro atoms. The standard InChI is InChI=1S/C23H22N2O4S2/c1-28-23-13-6-5-12-22(23)24-16-21(31(26,27)25(24)30)15-19-10-7-11-20(14-19)29-17-18-8-3-2-4-9-18/h2-15,30H,16-17H2,1H3/b21-15-. The second-order valence-corrected chi connectivity index (χ2v) is 9.38. The summed E-state index contributed by atoms with van der Waals surface area (Å²) >= 11 is 4.24. The lowest BCUT2D eigenvalue weighted by atomic mass is 10.2. The van der Waals surface area contributed by atoms with E-state index in [1.54, 1.807) is 30.3 Å². The number of hydrazine groups is 1. The monoisotopic (exact) mass is 454 g/mol. The number of methoxy groups -OCH3 is 1. The molecule has 0 N–H and O–H groups in total. The number of hydrogen-bond donors (Lipinski definition) is 1. The number of rotatable bonds is 6. The lowest BCUT2D eigenvalue weighted by Gasteiger charge is -2.23. The lowest BCUT2D eigenvalue weighted by Crippen LogP contribution is -2.31. The first kappa shape index (κ1) is 21.3. The van der Waals surface area contributed by atoms with E-state index in [2.05, 4.69) is 12.8 Å². The Morgan fingerprint density at radius 2 is 1.74 bits per heavy atom. The van der Waals surface area contributed by atoms with Crippen LogP contribution in [-0.4, -0.2) is 25.9 Å². The third kappa shape index (κ3) is 4.56. The van der Waals surface area contributed by atoms with E-state index in [-0.39, 0.29) is 11.4 Å². The van der Waals surface area contributed by atoms with E-state index in [0.717, 1.165) is 14.9 Å². The van der Waals surface area contributed by atoms with E-state index in [9.17, 15) is 8.42 Å². The van der Waals surface area contributed by atoms with Crippen molar-refractivity contribution in [1.82, 2.24) is 3.82 Å². The smallest absolute Gasteiger partial charge is 0.267 e. The molecule has 0 saturated carbocycles. The van der Waals surface area contributed by atoms with Crippen LogP contribution < -0.4 is 14.5 Å². The quantitative estimate of drug-likeness (QED) is 0.555. The Balaban J connectivity index is 1.58.